The minimum atomic E-state index is -1.16. The van der Waals surface area contributed by atoms with Crippen LogP contribution in [0.4, 0.5) is 10.5 Å². The molecule has 2 heterocycles. The van der Waals surface area contributed by atoms with E-state index in [1.807, 2.05) is 24.5 Å². The molecule has 4 rings (SSSR count). The number of pyridine rings is 1. The summed E-state index contributed by atoms with van der Waals surface area (Å²) in [5.41, 5.74) is 4.63. The number of hydrogen-bond acceptors (Lipinski definition) is 4. The van der Waals surface area contributed by atoms with Crippen molar-refractivity contribution in [2.24, 2.45) is 0 Å². The van der Waals surface area contributed by atoms with Crippen molar-refractivity contribution in [2.45, 2.75) is 51.2 Å². The van der Waals surface area contributed by atoms with Gasteiger partial charge in [-0.3, -0.25) is 10.3 Å². The molecule has 3 aromatic rings. The van der Waals surface area contributed by atoms with Crippen molar-refractivity contribution in [1.29, 1.82) is 0 Å². The second-order valence-electron chi connectivity index (χ2n) is 9.60. The van der Waals surface area contributed by atoms with Crippen LogP contribution in [0.25, 0.3) is 11.3 Å². The largest absolute Gasteiger partial charge is 0.465 e. The van der Waals surface area contributed by atoms with Crippen LogP contribution in [0.3, 0.4) is 0 Å². The maximum Gasteiger partial charge on any atom is 0.409 e. The SMILES string of the molecule is C[Si](C)(C)CCOCn1cc(-c2ccc(NC(=O)O)cc2)nc1C1CCc2cc(Br)cnc21. The standard InChI is InChI=1S/C24H29BrN4O3Si/c1-33(2,3)11-10-32-15-29-14-21(16-4-7-19(8-5-16)27-24(30)31)28-23(29)20-9-6-17-12-18(25)13-26-22(17)20/h4-5,7-8,12-14,20,27H,6,9-11,15H2,1-3H3,(H,30,31). The third kappa shape index (κ3) is 5.90. The summed E-state index contributed by atoms with van der Waals surface area (Å²) in [5, 5.41) is 11.3. The number of aryl methyl sites for hydroxylation is 1. The lowest BCUT2D eigenvalue weighted by molar-refractivity contribution is 0.0846. The molecule has 1 aliphatic carbocycles. The van der Waals surface area contributed by atoms with Gasteiger partial charge in [-0.1, -0.05) is 31.8 Å². The Labute approximate surface area is 203 Å². The smallest absolute Gasteiger partial charge is 0.409 e. The summed E-state index contributed by atoms with van der Waals surface area (Å²) in [6, 6.07) is 10.5. The van der Waals surface area contributed by atoms with Gasteiger partial charge < -0.3 is 14.4 Å². The monoisotopic (exact) mass is 528 g/mol. The Morgan fingerprint density at radius 3 is 2.76 bits per heavy atom. The highest BCUT2D eigenvalue weighted by molar-refractivity contribution is 9.10. The number of fused-ring (bicyclic) bond motifs is 1. The van der Waals surface area contributed by atoms with Crippen molar-refractivity contribution in [1.82, 2.24) is 14.5 Å². The number of rotatable bonds is 8. The van der Waals surface area contributed by atoms with Crippen LogP contribution in [0.1, 0.15) is 29.4 Å². The average molecular weight is 530 g/mol. The Bertz CT molecular complexity index is 1140. The molecular weight excluding hydrogens is 500 g/mol. The van der Waals surface area contributed by atoms with Crippen molar-refractivity contribution >= 4 is 35.8 Å². The van der Waals surface area contributed by atoms with E-state index in [2.05, 4.69) is 51.5 Å². The van der Waals surface area contributed by atoms with Gasteiger partial charge in [0.1, 0.15) is 12.6 Å². The molecule has 0 saturated carbocycles. The fourth-order valence-electron chi connectivity index (χ4n) is 4.03. The first kappa shape index (κ1) is 23.7. The summed E-state index contributed by atoms with van der Waals surface area (Å²) in [4.78, 5) is 20.6. The molecule has 0 spiro atoms. The molecule has 0 radical (unpaired) electrons. The first-order chi connectivity index (χ1) is 15.7. The molecule has 9 heteroatoms. The van der Waals surface area contributed by atoms with E-state index in [1.54, 1.807) is 12.1 Å². The number of halogens is 1. The Morgan fingerprint density at radius 2 is 2.06 bits per heavy atom. The number of anilines is 1. The molecule has 1 unspecified atom stereocenters. The summed E-state index contributed by atoms with van der Waals surface area (Å²) in [5.74, 6) is 1.08. The fraction of sp³-hybridized carbons (Fsp3) is 0.375. The molecule has 0 saturated heterocycles. The Kier molecular flexibility index (Phi) is 7.01. The van der Waals surface area contributed by atoms with Gasteiger partial charge in [0.2, 0.25) is 0 Å². The molecule has 1 amide bonds. The lowest BCUT2D eigenvalue weighted by Crippen LogP contribution is -2.22. The number of nitrogens with one attached hydrogen (secondary N) is 1. The molecule has 1 aliphatic rings. The topological polar surface area (TPSA) is 89.3 Å². The van der Waals surface area contributed by atoms with Crippen LogP contribution in [-0.2, 0) is 17.9 Å². The quantitative estimate of drug-likeness (QED) is 0.268. The number of ether oxygens (including phenoxy) is 1. The van der Waals surface area contributed by atoms with Gasteiger partial charge in [-0.2, -0.15) is 0 Å². The molecule has 0 aliphatic heterocycles. The normalized spacial score (nSPS) is 15.5. The van der Waals surface area contributed by atoms with Crippen molar-refractivity contribution in [3.05, 3.63) is 64.3 Å². The van der Waals surface area contributed by atoms with E-state index >= 15 is 0 Å². The predicted molar refractivity (Wildman–Crippen MR) is 136 cm³/mol. The van der Waals surface area contributed by atoms with Gasteiger partial charge in [0.05, 0.1) is 17.3 Å². The molecule has 2 aromatic heterocycles. The molecule has 2 N–H and O–H groups in total. The van der Waals surface area contributed by atoms with Crippen molar-refractivity contribution in [3.63, 3.8) is 0 Å². The van der Waals surface area contributed by atoms with E-state index in [1.165, 1.54) is 5.56 Å². The van der Waals surface area contributed by atoms with Crippen LogP contribution in [0.2, 0.25) is 25.7 Å². The summed E-state index contributed by atoms with van der Waals surface area (Å²) in [7, 11) is -1.16. The van der Waals surface area contributed by atoms with Gasteiger partial charge in [0.25, 0.3) is 0 Å². The highest BCUT2D eigenvalue weighted by Gasteiger charge is 2.30. The Balaban J connectivity index is 1.62. The first-order valence-electron chi connectivity index (χ1n) is 11.1. The second kappa shape index (κ2) is 9.78. The molecular formula is C24H29BrN4O3Si. The first-order valence-corrected chi connectivity index (χ1v) is 15.6. The van der Waals surface area contributed by atoms with Crippen molar-refractivity contribution in [3.8, 4) is 11.3 Å². The van der Waals surface area contributed by atoms with Gasteiger partial charge in [0.15, 0.2) is 0 Å². The minimum Gasteiger partial charge on any atom is -0.465 e. The fourth-order valence-corrected chi connectivity index (χ4v) is 5.17. The van der Waals surface area contributed by atoms with Crippen LogP contribution >= 0.6 is 15.9 Å². The molecule has 7 nitrogen and oxygen atoms in total. The highest BCUT2D eigenvalue weighted by Crippen LogP contribution is 2.38. The number of benzene rings is 1. The van der Waals surface area contributed by atoms with Crippen molar-refractivity contribution < 1.29 is 14.6 Å². The summed E-state index contributed by atoms with van der Waals surface area (Å²) in [6.45, 7) is 8.23. The Morgan fingerprint density at radius 1 is 1.30 bits per heavy atom. The Hall–Kier alpha value is -2.49. The molecule has 1 aromatic carbocycles. The molecule has 1 atom stereocenters. The lowest BCUT2D eigenvalue weighted by atomic mass is 10.1. The van der Waals surface area contributed by atoms with Gasteiger partial charge in [-0.05, 0) is 58.6 Å². The van der Waals surface area contributed by atoms with Crippen LogP contribution < -0.4 is 5.32 Å². The van der Waals surface area contributed by atoms with Crippen LogP contribution in [0.15, 0.2) is 47.2 Å². The predicted octanol–water partition coefficient (Wildman–Crippen LogP) is 6.19. The van der Waals surface area contributed by atoms with E-state index in [9.17, 15) is 4.79 Å². The van der Waals surface area contributed by atoms with E-state index in [-0.39, 0.29) is 5.92 Å². The van der Waals surface area contributed by atoms with Gasteiger partial charge in [-0.25, -0.2) is 9.78 Å². The minimum absolute atomic E-state index is 0.121. The van der Waals surface area contributed by atoms with E-state index in [0.717, 1.165) is 52.7 Å². The van der Waals surface area contributed by atoms with Gasteiger partial charge in [-0.15, -0.1) is 0 Å². The van der Waals surface area contributed by atoms with Crippen molar-refractivity contribution in [2.75, 3.05) is 11.9 Å². The number of carboxylic acid groups (broad SMARTS) is 1. The number of amides is 1. The zero-order chi connectivity index (χ0) is 23.6. The van der Waals surface area contributed by atoms with Crippen LogP contribution in [0, 0.1) is 0 Å². The zero-order valence-corrected chi connectivity index (χ0v) is 21.7. The third-order valence-electron chi connectivity index (χ3n) is 5.78. The van der Waals surface area contributed by atoms with E-state index in [0.29, 0.717) is 12.4 Å². The third-order valence-corrected chi connectivity index (χ3v) is 7.92. The van der Waals surface area contributed by atoms with Gasteiger partial charge in [0, 0.05) is 42.8 Å². The number of aromatic nitrogens is 3. The van der Waals surface area contributed by atoms with E-state index in [4.69, 9.17) is 19.8 Å². The molecule has 174 valence electrons. The molecule has 33 heavy (non-hydrogen) atoms. The summed E-state index contributed by atoms with van der Waals surface area (Å²) in [6.07, 6.45) is 4.74. The average Bonchev–Trinajstić information content (AvgIpc) is 3.34. The lowest BCUT2D eigenvalue weighted by Gasteiger charge is -2.17. The van der Waals surface area contributed by atoms with Crippen LogP contribution in [0.5, 0.6) is 0 Å². The zero-order valence-electron chi connectivity index (χ0n) is 19.1. The number of imidazole rings is 1. The molecule has 0 bridgehead atoms. The maximum atomic E-state index is 10.9. The molecule has 0 fully saturated rings. The second-order valence-corrected chi connectivity index (χ2v) is 16.1. The number of carbonyl (C=O) groups is 1. The number of hydrogen-bond donors (Lipinski definition) is 2. The van der Waals surface area contributed by atoms with E-state index < -0.39 is 14.2 Å². The van der Waals surface area contributed by atoms with Gasteiger partial charge >= 0.3 is 6.09 Å². The van der Waals surface area contributed by atoms with Crippen LogP contribution in [-0.4, -0.2) is 40.4 Å². The summed E-state index contributed by atoms with van der Waals surface area (Å²) < 4.78 is 9.17. The number of nitrogens with zero attached hydrogens (tertiary/aromatic N) is 3. The highest BCUT2D eigenvalue weighted by atomic mass is 79.9. The maximum absolute atomic E-state index is 10.9. The summed E-state index contributed by atoms with van der Waals surface area (Å²) >= 11 is 3.53.